The lowest BCUT2D eigenvalue weighted by Gasteiger charge is -2.10. The van der Waals surface area contributed by atoms with Gasteiger partial charge in [0.1, 0.15) is 11.6 Å². The summed E-state index contributed by atoms with van der Waals surface area (Å²) in [5.41, 5.74) is -0.432. The lowest BCUT2D eigenvalue weighted by Crippen LogP contribution is -2.40. The number of hydrogen-bond donors (Lipinski definition) is 1. The van der Waals surface area contributed by atoms with Crippen LogP contribution in [0.15, 0.2) is 32.3 Å². The lowest BCUT2D eigenvalue weighted by atomic mass is 10.1. The molecule has 1 N–H and O–H groups in total. The van der Waals surface area contributed by atoms with Gasteiger partial charge in [0.05, 0.1) is 0 Å². The van der Waals surface area contributed by atoms with Gasteiger partial charge in [0.2, 0.25) is 11.2 Å². The molecule has 0 bridgehead atoms. The third kappa shape index (κ3) is 4.87. The molecule has 0 spiro atoms. The van der Waals surface area contributed by atoms with Gasteiger partial charge in [-0.1, -0.05) is 18.5 Å². The minimum Gasteiger partial charge on any atom is -0.339 e. The number of rotatable bonds is 9. The number of hydrogen-bond acceptors (Lipinski definition) is 6. The molecule has 0 radical (unpaired) electrons. The maximum atomic E-state index is 13.8. The largest absolute Gasteiger partial charge is 0.339 e. The number of H-pyrrole nitrogens is 1. The van der Waals surface area contributed by atoms with Crippen LogP contribution in [0, 0.1) is 11.6 Å². The molecule has 33 heavy (non-hydrogen) atoms. The highest BCUT2D eigenvalue weighted by atomic mass is 35.5. The van der Waals surface area contributed by atoms with Crippen molar-refractivity contribution in [1.82, 2.24) is 29.2 Å². The molecule has 0 aliphatic carbocycles. The molecular weight excluding hydrogens is 458 g/mol. The Balaban J connectivity index is 1.49. The summed E-state index contributed by atoms with van der Waals surface area (Å²) in [4.78, 5) is 36.7. The van der Waals surface area contributed by atoms with Crippen molar-refractivity contribution in [2.75, 3.05) is 0 Å². The van der Waals surface area contributed by atoms with Crippen molar-refractivity contribution in [3.63, 3.8) is 0 Å². The first kappa shape index (κ1) is 22.8. The highest BCUT2D eigenvalue weighted by Gasteiger charge is 2.17. The normalized spacial score (nSPS) is 11.5. The van der Waals surface area contributed by atoms with Crippen LogP contribution in [-0.2, 0) is 25.9 Å². The fourth-order valence-corrected chi connectivity index (χ4v) is 3.73. The van der Waals surface area contributed by atoms with Gasteiger partial charge in [-0.3, -0.25) is 13.9 Å². The molecule has 0 aliphatic rings. The molecule has 0 atom stereocenters. The third-order valence-electron chi connectivity index (χ3n) is 5.21. The summed E-state index contributed by atoms with van der Waals surface area (Å²) < 4.78 is 34.9. The van der Waals surface area contributed by atoms with Crippen LogP contribution in [0.5, 0.6) is 0 Å². The number of aromatic nitrogens is 6. The summed E-state index contributed by atoms with van der Waals surface area (Å²) in [6.07, 6.45) is 2.25. The molecule has 0 saturated heterocycles. The molecule has 0 unspecified atom stereocenters. The molecule has 4 rings (SSSR count). The van der Waals surface area contributed by atoms with E-state index in [1.54, 1.807) is 0 Å². The Morgan fingerprint density at radius 3 is 2.70 bits per heavy atom. The Hall–Kier alpha value is -3.34. The smallest absolute Gasteiger partial charge is 0.332 e. The van der Waals surface area contributed by atoms with Gasteiger partial charge in [0.15, 0.2) is 17.0 Å². The topological polar surface area (TPSA) is 112 Å². The van der Waals surface area contributed by atoms with E-state index in [1.165, 1.54) is 4.57 Å². The monoisotopic (exact) mass is 478 g/mol. The molecular formula is C21H21ClF2N6O3. The van der Waals surface area contributed by atoms with Crippen molar-refractivity contribution >= 4 is 22.8 Å². The van der Waals surface area contributed by atoms with Crippen LogP contribution in [-0.4, -0.2) is 29.2 Å². The van der Waals surface area contributed by atoms with Gasteiger partial charge in [-0.05, 0) is 48.2 Å². The van der Waals surface area contributed by atoms with E-state index in [-0.39, 0.29) is 46.7 Å². The molecule has 9 nitrogen and oxygen atoms in total. The highest BCUT2D eigenvalue weighted by molar-refractivity contribution is 6.28. The fraction of sp³-hybridized carbons (Fsp3) is 0.381. The second-order valence-electron chi connectivity index (χ2n) is 7.59. The summed E-state index contributed by atoms with van der Waals surface area (Å²) in [6.45, 7) is 2.53. The van der Waals surface area contributed by atoms with E-state index >= 15 is 0 Å². The van der Waals surface area contributed by atoms with E-state index in [9.17, 15) is 18.4 Å². The summed E-state index contributed by atoms with van der Waals surface area (Å²) >= 11 is 5.93. The molecule has 1 aromatic carbocycles. The fourth-order valence-electron chi connectivity index (χ4n) is 3.55. The first-order valence-electron chi connectivity index (χ1n) is 10.5. The van der Waals surface area contributed by atoms with Crippen LogP contribution in [0.4, 0.5) is 8.78 Å². The number of benzene rings is 1. The number of nitrogens with one attached hydrogen (secondary N) is 1. The number of unbranched alkanes of at least 4 members (excludes halogenated alkanes) is 1. The summed E-state index contributed by atoms with van der Waals surface area (Å²) in [6, 6.07) is 3.16. The summed E-state index contributed by atoms with van der Waals surface area (Å²) in [5.74, 6) is -0.634. The van der Waals surface area contributed by atoms with Gasteiger partial charge in [-0.25, -0.2) is 13.6 Å². The van der Waals surface area contributed by atoms with Crippen molar-refractivity contribution in [2.45, 2.75) is 52.1 Å². The van der Waals surface area contributed by atoms with Crippen LogP contribution >= 0.6 is 11.6 Å². The van der Waals surface area contributed by atoms with Crippen molar-refractivity contribution < 1.29 is 13.3 Å². The zero-order valence-corrected chi connectivity index (χ0v) is 18.5. The lowest BCUT2D eigenvalue weighted by molar-refractivity contribution is 0.367. The van der Waals surface area contributed by atoms with E-state index in [2.05, 4.69) is 20.1 Å². The van der Waals surface area contributed by atoms with Crippen LogP contribution in [0.1, 0.15) is 43.5 Å². The molecule has 0 aliphatic heterocycles. The molecule has 0 amide bonds. The van der Waals surface area contributed by atoms with E-state index in [0.717, 1.165) is 35.6 Å². The zero-order chi connectivity index (χ0) is 23.5. The van der Waals surface area contributed by atoms with E-state index in [0.29, 0.717) is 19.4 Å². The Kier molecular flexibility index (Phi) is 6.68. The average Bonchev–Trinajstić information content (AvgIpc) is 3.39. The Labute approximate surface area is 191 Å². The number of halogens is 3. The van der Waals surface area contributed by atoms with Crippen molar-refractivity contribution in [1.29, 1.82) is 0 Å². The summed E-state index contributed by atoms with van der Waals surface area (Å²) in [5, 5.41) is 3.84. The molecule has 3 heterocycles. The molecule has 0 saturated carbocycles. The maximum Gasteiger partial charge on any atom is 0.332 e. The second kappa shape index (κ2) is 9.65. The van der Waals surface area contributed by atoms with Gasteiger partial charge in [0.25, 0.3) is 5.56 Å². The zero-order valence-electron chi connectivity index (χ0n) is 17.8. The minimum absolute atomic E-state index is 0.0219. The predicted molar refractivity (Wildman–Crippen MR) is 116 cm³/mol. The average molecular weight is 479 g/mol. The van der Waals surface area contributed by atoms with Crippen LogP contribution in [0.25, 0.3) is 11.2 Å². The standard InChI is InChI=1S/C21H21ClF2N6O3/c1-2-3-8-29-18-17(26-20(22)27-18)19(31)30(21(29)32)9-4-5-16-25-15(28-33-16)11-12-10-13(23)6-7-14(12)24/h6-7,10H,2-5,8-9,11H2,1H3,(H,26,27). The number of aromatic amines is 1. The Morgan fingerprint density at radius 1 is 1.12 bits per heavy atom. The molecule has 174 valence electrons. The van der Waals surface area contributed by atoms with Gasteiger partial charge < -0.3 is 9.51 Å². The molecule has 12 heteroatoms. The minimum atomic E-state index is -0.559. The number of nitrogens with zero attached hydrogens (tertiary/aromatic N) is 5. The van der Waals surface area contributed by atoms with Crippen molar-refractivity contribution in [3.05, 3.63) is 73.2 Å². The molecule has 0 fully saturated rings. The third-order valence-corrected chi connectivity index (χ3v) is 5.39. The molecule has 4 aromatic rings. The Bertz CT molecular complexity index is 1410. The van der Waals surface area contributed by atoms with Crippen molar-refractivity contribution in [2.24, 2.45) is 0 Å². The SMILES string of the molecule is CCCCn1c(=O)n(CCCc2nc(Cc3cc(F)ccc3F)no2)c(=O)c2[nH]c(Cl)nc21. The number of aryl methyl sites for hydroxylation is 2. The first-order valence-corrected chi connectivity index (χ1v) is 10.9. The quantitative estimate of drug-likeness (QED) is 0.370. The van der Waals surface area contributed by atoms with E-state index in [1.807, 2.05) is 6.92 Å². The number of fused-ring (bicyclic) bond motifs is 1. The molecule has 3 aromatic heterocycles. The van der Waals surface area contributed by atoms with Crippen LogP contribution < -0.4 is 11.2 Å². The van der Waals surface area contributed by atoms with E-state index < -0.39 is 22.9 Å². The van der Waals surface area contributed by atoms with Gasteiger partial charge >= 0.3 is 5.69 Å². The predicted octanol–water partition coefficient (Wildman–Crippen LogP) is 3.22. The van der Waals surface area contributed by atoms with Gasteiger partial charge in [-0.2, -0.15) is 9.97 Å². The van der Waals surface area contributed by atoms with E-state index in [4.69, 9.17) is 16.1 Å². The van der Waals surface area contributed by atoms with Gasteiger partial charge in [0, 0.05) is 25.9 Å². The van der Waals surface area contributed by atoms with Crippen LogP contribution in [0.2, 0.25) is 5.28 Å². The Morgan fingerprint density at radius 2 is 1.91 bits per heavy atom. The first-order chi connectivity index (χ1) is 15.9. The van der Waals surface area contributed by atoms with Crippen LogP contribution in [0.3, 0.4) is 0 Å². The highest BCUT2D eigenvalue weighted by Crippen LogP contribution is 2.14. The maximum absolute atomic E-state index is 13.8. The van der Waals surface area contributed by atoms with Crippen molar-refractivity contribution in [3.8, 4) is 0 Å². The summed E-state index contributed by atoms with van der Waals surface area (Å²) in [7, 11) is 0. The second-order valence-corrected chi connectivity index (χ2v) is 7.95. The number of imidazole rings is 1. The van der Waals surface area contributed by atoms with Gasteiger partial charge in [-0.15, -0.1) is 0 Å².